The molecule has 4 aromatic rings. The van der Waals surface area contributed by atoms with E-state index in [4.69, 9.17) is 4.74 Å². The van der Waals surface area contributed by atoms with Gasteiger partial charge in [-0.15, -0.1) is 0 Å². The van der Waals surface area contributed by atoms with Gasteiger partial charge in [0.05, 0.1) is 5.52 Å². The Kier molecular flexibility index (Phi) is 5.12. The van der Waals surface area contributed by atoms with E-state index < -0.39 is 0 Å². The van der Waals surface area contributed by atoms with Gasteiger partial charge in [-0.25, -0.2) is 4.79 Å². The molecule has 8 nitrogen and oxygen atoms in total. The predicted octanol–water partition coefficient (Wildman–Crippen LogP) is 2.20. The minimum atomic E-state index is -0.372. The topological polar surface area (TPSA) is 89.3 Å². The number of aromatic nitrogens is 3. The smallest absolute Gasteiger partial charge is 0.331 e. The van der Waals surface area contributed by atoms with Gasteiger partial charge in [0, 0.05) is 32.9 Å². The highest BCUT2D eigenvalue weighted by Gasteiger charge is 2.20. The summed E-state index contributed by atoms with van der Waals surface area (Å²) in [5.41, 5.74) is 4.24. The summed E-state index contributed by atoms with van der Waals surface area (Å²) in [4.78, 5) is 42.1. The van der Waals surface area contributed by atoms with Crippen LogP contribution in [0.15, 0.2) is 64.2 Å². The van der Waals surface area contributed by atoms with Gasteiger partial charge in [0.25, 0.3) is 11.5 Å². The van der Waals surface area contributed by atoms with Crippen molar-refractivity contribution in [3.05, 3.63) is 86.6 Å². The van der Waals surface area contributed by atoms with Gasteiger partial charge in [0.15, 0.2) is 6.61 Å². The van der Waals surface area contributed by atoms with Gasteiger partial charge in [0.2, 0.25) is 0 Å². The molecule has 0 spiro atoms. The van der Waals surface area contributed by atoms with Crippen molar-refractivity contribution >= 4 is 16.9 Å². The van der Waals surface area contributed by atoms with Crippen LogP contribution in [0.5, 0.6) is 5.75 Å². The van der Waals surface area contributed by atoms with Crippen molar-refractivity contribution in [1.82, 2.24) is 19.0 Å². The molecule has 0 saturated heterocycles. The summed E-state index contributed by atoms with van der Waals surface area (Å²) in [5, 5.41) is 0. The van der Waals surface area contributed by atoms with Crippen molar-refractivity contribution in [3.8, 4) is 17.0 Å². The van der Waals surface area contributed by atoms with Gasteiger partial charge in [-0.1, -0.05) is 24.3 Å². The number of hydrogen-bond donors (Lipinski definition) is 1. The summed E-state index contributed by atoms with van der Waals surface area (Å²) >= 11 is 0. The van der Waals surface area contributed by atoms with Gasteiger partial charge in [-0.2, -0.15) is 0 Å². The van der Waals surface area contributed by atoms with Crippen LogP contribution in [0, 0.1) is 0 Å². The molecule has 1 aliphatic heterocycles. The van der Waals surface area contributed by atoms with Crippen LogP contribution in [-0.2, 0) is 31.9 Å². The Hall–Kier alpha value is -4.07. The average Bonchev–Trinajstić information content (AvgIpc) is 3.30. The highest BCUT2D eigenvalue weighted by molar-refractivity contribution is 5.82. The first-order valence-corrected chi connectivity index (χ1v) is 10.8. The predicted molar refractivity (Wildman–Crippen MR) is 125 cm³/mol. The molecule has 0 bridgehead atoms. The Morgan fingerprint density at radius 1 is 1.00 bits per heavy atom. The van der Waals surface area contributed by atoms with Crippen molar-refractivity contribution in [2.24, 2.45) is 14.1 Å². The largest absolute Gasteiger partial charge is 0.484 e. The zero-order valence-electron chi connectivity index (χ0n) is 18.5. The van der Waals surface area contributed by atoms with Crippen molar-refractivity contribution < 1.29 is 9.53 Å². The highest BCUT2D eigenvalue weighted by atomic mass is 16.5. The van der Waals surface area contributed by atoms with Crippen LogP contribution in [-0.4, -0.2) is 38.1 Å². The maximum absolute atomic E-state index is 12.6. The Morgan fingerprint density at radius 3 is 2.48 bits per heavy atom. The molecule has 5 rings (SSSR count). The number of ether oxygens (including phenoxy) is 1. The maximum Gasteiger partial charge on any atom is 0.331 e. The molecule has 0 unspecified atom stereocenters. The molecule has 0 radical (unpaired) electrons. The van der Waals surface area contributed by atoms with E-state index in [1.807, 2.05) is 29.2 Å². The average molecular weight is 444 g/mol. The zero-order chi connectivity index (χ0) is 23.1. The van der Waals surface area contributed by atoms with Gasteiger partial charge in [-0.05, 0) is 53.4 Å². The molecular formula is C25H24N4O4. The number of nitrogens with zero attached hydrogens (tertiary/aromatic N) is 3. The molecule has 168 valence electrons. The third-order valence-electron chi connectivity index (χ3n) is 6.26. The molecule has 1 aliphatic rings. The zero-order valence-corrected chi connectivity index (χ0v) is 18.5. The van der Waals surface area contributed by atoms with E-state index in [1.54, 1.807) is 25.2 Å². The lowest BCUT2D eigenvalue weighted by molar-refractivity contribution is -0.134. The van der Waals surface area contributed by atoms with E-state index in [1.165, 1.54) is 22.7 Å². The minimum absolute atomic E-state index is 0.0218. The van der Waals surface area contributed by atoms with Crippen LogP contribution >= 0.6 is 0 Å². The molecule has 2 aromatic heterocycles. The Bertz CT molecular complexity index is 1480. The molecule has 0 fully saturated rings. The lowest BCUT2D eigenvalue weighted by Crippen LogP contribution is -2.38. The van der Waals surface area contributed by atoms with Gasteiger partial charge in [-0.3, -0.25) is 18.7 Å². The van der Waals surface area contributed by atoms with Gasteiger partial charge in [0.1, 0.15) is 11.3 Å². The Balaban J connectivity index is 1.28. The third-order valence-corrected chi connectivity index (χ3v) is 6.26. The lowest BCUT2D eigenvalue weighted by atomic mass is 10.00. The Morgan fingerprint density at radius 2 is 1.73 bits per heavy atom. The van der Waals surface area contributed by atoms with Crippen molar-refractivity contribution in [2.45, 2.75) is 13.0 Å². The molecule has 1 N–H and O–H groups in total. The molecule has 1 amide bonds. The number of rotatable bonds is 4. The molecule has 8 heteroatoms. The normalized spacial score (nSPS) is 13.2. The summed E-state index contributed by atoms with van der Waals surface area (Å²) in [6.45, 7) is 1.28. The molecule has 2 aromatic carbocycles. The Labute approximate surface area is 189 Å². The van der Waals surface area contributed by atoms with E-state index in [0.717, 1.165) is 22.2 Å². The number of fused-ring (bicyclic) bond motifs is 2. The van der Waals surface area contributed by atoms with Gasteiger partial charge < -0.3 is 14.6 Å². The SMILES string of the molecule is Cn1c(=O)c2[nH]c(-c3ccc(OCC(=O)N4CCc5ccccc5C4)cc3)cc2n(C)c1=O. The first-order valence-electron chi connectivity index (χ1n) is 10.8. The van der Waals surface area contributed by atoms with Crippen LogP contribution < -0.4 is 16.0 Å². The van der Waals surface area contributed by atoms with E-state index in [-0.39, 0.29) is 23.8 Å². The molecule has 0 atom stereocenters. The monoisotopic (exact) mass is 444 g/mol. The quantitative estimate of drug-likeness (QED) is 0.523. The molecular weight excluding hydrogens is 420 g/mol. The summed E-state index contributed by atoms with van der Waals surface area (Å²) in [5.74, 6) is 0.546. The second kappa shape index (κ2) is 8.12. The summed E-state index contributed by atoms with van der Waals surface area (Å²) in [6.07, 6.45) is 0.857. The number of H-pyrrole nitrogens is 1. The van der Waals surface area contributed by atoms with E-state index >= 15 is 0 Å². The number of nitrogens with one attached hydrogen (secondary N) is 1. The fourth-order valence-electron chi connectivity index (χ4n) is 4.29. The standard InChI is InChI=1S/C25H24N4O4/c1-27-21-13-20(26-23(21)24(31)28(2)25(27)32)17-7-9-19(10-8-17)33-15-22(30)29-12-11-16-5-3-4-6-18(16)14-29/h3-10,13,26H,11-12,14-15H2,1-2H3. The number of carbonyl (C=O) groups excluding carboxylic acids is 1. The lowest BCUT2D eigenvalue weighted by Gasteiger charge is -2.28. The first kappa shape index (κ1) is 20.8. The second-order valence-electron chi connectivity index (χ2n) is 8.30. The van der Waals surface area contributed by atoms with Crippen LogP contribution in [0.25, 0.3) is 22.3 Å². The van der Waals surface area contributed by atoms with Crippen LogP contribution in [0.1, 0.15) is 11.1 Å². The number of aryl methyl sites for hydroxylation is 1. The molecule has 0 saturated carbocycles. The third kappa shape index (κ3) is 3.73. The minimum Gasteiger partial charge on any atom is -0.484 e. The van der Waals surface area contributed by atoms with E-state index in [2.05, 4.69) is 17.1 Å². The maximum atomic E-state index is 12.6. The molecule has 3 heterocycles. The van der Waals surface area contributed by atoms with E-state index in [9.17, 15) is 14.4 Å². The van der Waals surface area contributed by atoms with Crippen molar-refractivity contribution in [2.75, 3.05) is 13.2 Å². The number of aromatic amines is 1. The fourth-order valence-corrected chi connectivity index (χ4v) is 4.29. The number of hydrogen-bond acceptors (Lipinski definition) is 4. The van der Waals surface area contributed by atoms with E-state index in [0.29, 0.717) is 29.9 Å². The second-order valence-corrected chi connectivity index (χ2v) is 8.30. The summed E-state index contributed by atoms with van der Waals surface area (Å²) < 4.78 is 8.25. The first-order chi connectivity index (χ1) is 15.9. The van der Waals surface area contributed by atoms with Crippen molar-refractivity contribution in [1.29, 1.82) is 0 Å². The number of amides is 1. The van der Waals surface area contributed by atoms with Crippen molar-refractivity contribution in [3.63, 3.8) is 0 Å². The van der Waals surface area contributed by atoms with Gasteiger partial charge >= 0.3 is 5.69 Å². The summed E-state index contributed by atoms with van der Waals surface area (Å²) in [6, 6.07) is 17.3. The van der Waals surface area contributed by atoms with Crippen LogP contribution in [0.3, 0.4) is 0 Å². The molecule has 0 aliphatic carbocycles. The fraction of sp³-hybridized carbons (Fsp3) is 0.240. The highest BCUT2D eigenvalue weighted by Crippen LogP contribution is 2.24. The number of benzene rings is 2. The molecule has 33 heavy (non-hydrogen) atoms. The summed E-state index contributed by atoms with van der Waals surface area (Å²) in [7, 11) is 3.09. The number of carbonyl (C=O) groups is 1. The van der Waals surface area contributed by atoms with Crippen LogP contribution in [0.4, 0.5) is 0 Å². The van der Waals surface area contributed by atoms with Crippen LogP contribution in [0.2, 0.25) is 0 Å².